The van der Waals surface area contributed by atoms with Crippen molar-refractivity contribution in [2.75, 3.05) is 0 Å². The zero-order chi connectivity index (χ0) is 19.4. The molecule has 27 heavy (non-hydrogen) atoms. The largest absolute Gasteiger partial charge is 0.457 e. The summed E-state index contributed by atoms with van der Waals surface area (Å²) in [5.41, 5.74) is 0.920. The highest BCUT2D eigenvalue weighted by Crippen LogP contribution is 2.33. The van der Waals surface area contributed by atoms with Gasteiger partial charge in [-0.2, -0.15) is 23.7 Å². The lowest BCUT2D eigenvalue weighted by Crippen LogP contribution is -2.04. The summed E-state index contributed by atoms with van der Waals surface area (Å²) < 4.78 is 44.1. The maximum Gasteiger partial charge on any atom is 0.416 e. The Kier molecular flexibility index (Phi) is 4.83. The zero-order valence-corrected chi connectivity index (χ0v) is 13.8. The van der Waals surface area contributed by atoms with Gasteiger partial charge in [-0.05, 0) is 48.0 Å². The summed E-state index contributed by atoms with van der Waals surface area (Å²) in [4.78, 5) is 0. The molecule has 0 aliphatic heterocycles. The summed E-state index contributed by atoms with van der Waals surface area (Å²) in [7, 11) is 0. The van der Waals surface area contributed by atoms with Crippen molar-refractivity contribution in [2.45, 2.75) is 6.18 Å². The number of alkyl halides is 3. The number of allylic oxidation sites excluding steroid dienone is 1. The Morgan fingerprint density at radius 2 is 1.70 bits per heavy atom. The number of hydrogen-bond donors (Lipinski definition) is 0. The Balaban J connectivity index is 1.92. The predicted molar refractivity (Wildman–Crippen MR) is 93.8 cm³/mol. The average Bonchev–Trinajstić information content (AvgIpc) is 3.14. The Labute approximate surface area is 153 Å². The number of nitrogens with zero attached hydrogens (tertiary/aromatic N) is 2. The molecular weight excluding hydrogens is 353 g/mol. The van der Waals surface area contributed by atoms with Gasteiger partial charge >= 0.3 is 6.18 Å². The van der Waals surface area contributed by atoms with E-state index in [0.29, 0.717) is 28.0 Å². The summed E-state index contributed by atoms with van der Waals surface area (Å²) in [6.07, 6.45) is -2.94. The van der Waals surface area contributed by atoms with Crippen LogP contribution in [0.5, 0.6) is 0 Å². The minimum atomic E-state index is -4.44. The number of furan rings is 1. The lowest BCUT2D eigenvalue weighted by Gasteiger charge is -2.07. The van der Waals surface area contributed by atoms with Crippen LogP contribution in [0.1, 0.15) is 22.5 Å². The van der Waals surface area contributed by atoms with Crippen LogP contribution in [0.25, 0.3) is 23.0 Å². The molecule has 3 nitrogen and oxygen atoms in total. The zero-order valence-electron chi connectivity index (χ0n) is 13.8. The van der Waals surface area contributed by atoms with E-state index in [2.05, 4.69) is 6.07 Å². The van der Waals surface area contributed by atoms with Gasteiger partial charge in [-0.15, -0.1) is 0 Å². The van der Waals surface area contributed by atoms with Crippen molar-refractivity contribution in [1.82, 2.24) is 0 Å². The van der Waals surface area contributed by atoms with Gasteiger partial charge in [0.25, 0.3) is 0 Å². The predicted octanol–water partition coefficient (Wildman–Crippen LogP) is 5.90. The summed E-state index contributed by atoms with van der Waals surface area (Å²) in [5, 5.41) is 18.2. The number of benzene rings is 2. The van der Waals surface area contributed by atoms with Crippen molar-refractivity contribution < 1.29 is 17.6 Å². The third kappa shape index (κ3) is 4.08. The van der Waals surface area contributed by atoms with E-state index in [1.807, 2.05) is 6.07 Å². The molecule has 0 unspecified atom stereocenters. The van der Waals surface area contributed by atoms with Crippen molar-refractivity contribution >= 4 is 11.6 Å². The second kappa shape index (κ2) is 7.23. The summed E-state index contributed by atoms with van der Waals surface area (Å²) in [5.74, 6) is 0.604. The number of hydrogen-bond acceptors (Lipinski definition) is 3. The van der Waals surface area contributed by atoms with E-state index in [0.717, 1.165) is 12.1 Å². The molecule has 0 N–H and O–H groups in total. The Morgan fingerprint density at radius 1 is 0.963 bits per heavy atom. The Bertz CT molecular complexity index is 1080. The molecule has 0 spiro atoms. The molecule has 0 radical (unpaired) electrons. The van der Waals surface area contributed by atoms with Crippen LogP contribution in [0.2, 0.25) is 0 Å². The third-order valence-electron chi connectivity index (χ3n) is 3.83. The highest BCUT2D eigenvalue weighted by molar-refractivity contribution is 5.89. The molecule has 3 aromatic rings. The first-order valence-electron chi connectivity index (χ1n) is 7.80. The van der Waals surface area contributed by atoms with Crippen molar-refractivity contribution in [1.29, 1.82) is 10.5 Å². The molecule has 3 rings (SSSR count). The highest BCUT2D eigenvalue weighted by Gasteiger charge is 2.30. The second-order valence-corrected chi connectivity index (χ2v) is 5.64. The average molecular weight is 364 g/mol. The molecule has 132 valence electrons. The maximum atomic E-state index is 12.9. The maximum absolute atomic E-state index is 12.9. The van der Waals surface area contributed by atoms with Crippen molar-refractivity contribution in [3.05, 3.63) is 83.1 Å². The van der Waals surface area contributed by atoms with Gasteiger partial charge in [-0.3, -0.25) is 0 Å². The molecule has 0 amide bonds. The van der Waals surface area contributed by atoms with Crippen LogP contribution in [0.15, 0.2) is 65.1 Å². The molecule has 0 atom stereocenters. The molecule has 0 aliphatic rings. The molecular formula is C21H11F3N2O. The van der Waals surface area contributed by atoms with Crippen LogP contribution >= 0.6 is 0 Å². The molecule has 1 aromatic heterocycles. The first-order valence-corrected chi connectivity index (χ1v) is 7.80. The summed E-state index contributed by atoms with van der Waals surface area (Å²) >= 11 is 0. The molecule has 0 aliphatic carbocycles. The van der Waals surface area contributed by atoms with Gasteiger partial charge in [0.1, 0.15) is 11.5 Å². The van der Waals surface area contributed by atoms with E-state index in [1.54, 1.807) is 36.4 Å². The van der Waals surface area contributed by atoms with E-state index in [9.17, 15) is 18.4 Å². The van der Waals surface area contributed by atoms with E-state index >= 15 is 0 Å². The van der Waals surface area contributed by atoms with Crippen LogP contribution < -0.4 is 0 Å². The fraction of sp³-hybridized carbons (Fsp3) is 0.0476. The van der Waals surface area contributed by atoms with E-state index < -0.39 is 11.7 Å². The summed E-state index contributed by atoms with van der Waals surface area (Å²) in [6.45, 7) is 0. The normalized spacial score (nSPS) is 11.7. The quantitative estimate of drug-likeness (QED) is 0.544. The smallest absolute Gasteiger partial charge is 0.416 e. The van der Waals surface area contributed by atoms with E-state index in [1.165, 1.54) is 18.2 Å². The molecule has 0 saturated heterocycles. The molecule has 6 heteroatoms. The Morgan fingerprint density at radius 3 is 2.33 bits per heavy atom. The van der Waals surface area contributed by atoms with Gasteiger partial charge < -0.3 is 4.42 Å². The van der Waals surface area contributed by atoms with Crippen molar-refractivity contribution in [3.63, 3.8) is 0 Å². The molecule has 2 aromatic carbocycles. The molecule has 1 heterocycles. The monoisotopic (exact) mass is 364 g/mol. The van der Waals surface area contributed by atoms with Gasteiger partial charge in [0.05, 0.1) is 28.8 Å². The van der Waals surface area contributed by atoms with Crippen LogP contribution in [-0.2, 0) is 6.18 Å². The molecule has 0 saturated carbocycles. The fourth-order valence-electron chi connectivity index (χ4n) is 2.48. The lowest BCUT2D eigenvalue weighted by molar-refractivity contribution is -0.137. The van der Waals surface area contributed by atoms with E-state index in [-0.39, 0.29) is 5.76 Å². The minimum Gasteiger partial charge on any atom is -0.457 e. The molecule has 0 bridgehead atoms. The van der Waals surface area contributed by atoms with Gasteiger partial charge in [0, 0.05) is 5.56 Å². The van der Waals surface area contributed by atoms with Gasteiger partial charge in [-0.25, -0.2) is 0 Å². The van der Waals surface area contributed by atoms with Gasteiger partial charge in [0.15, 0.2) is 0 Å². The van der Waals surface area contributed by atoms with Gasteiger partial charge in [0.2, 0.25) is 0 Å². The lowest BCUT2D eigenvalue weighted by atomic mass is 10.0. The van der Waals surface area contributed by atoms with Crippen molar-refractivity contribution in [3.8, 4) is 23.5 Å². The third-order valence-corrected chi connectivity index (χ3v) is 3.83. The van der Waals surface area contributed by atoms with Crippen LogP contribution in [0.3, 0.4) is 0 Å². The van der Waals surface area contributed by atoms with E-state index in [4.69, 9.17) is 9.68 Å². The molecule has 0 fully saturated rings. The minimum absolute atomic E-state index is 0.268. The van der Waals surface area contributed by atoms with Crippen LogP contribution in [0.4, 0.5) is 13.2 Å². The standard InChI is InChI=1S/C21H11F3N2O/c22-21(23,24)18-3-1-2-16(10-18)20-9-8-19(27-20)11-17(13-26)15-6-4-14(12-25)5-7-15/h1-11H. The first-order chi connectivity index (χ1) is 12.9. The highest BCUT2D eigenvalue weighted by atomic mass is 19.4. The van der Waals surface area contributed by atoms with Gasteiger partial charge in [-0.1, -0.05) is 24.3 Å². The fourth-order valence-corrected chi connectivity index (χ4v) is 2.48. The topological polar surface area (TPSA) is 60.7 Å². The number of nitriles is 2. The first kappa shape index (κ1) is 18.0. The number of halogens is 3. The van der Waals surface area contributed by atoms with Crippen LogP contribution in [-0.4, -0.2) is 0 Å². The summed E-state index contributed by atoms with van der Waals surface area (Å²) in [6, 6.07) is 18.5. The Hall–Kier alpha value is -3.77. The second-order valence-electron chi connectivity index (χ2n) is 5.64. The SMILES string of the molecule is N#CC(=Cc1ccc(-c2cccc(C(F)(F)F)c2)o1)c1ccc(C#N)cc1. The van der Waals surface area contributed by atoms with Crippen molar-refractivity contribution in [2.24, 2.45) is 0 Å². The number of rotatable bonds is 3. The van der Waals surface area contributed by atoms with Crippen LogP contribution in [0, 0.1) is 22.7 Å².